The van der Waals surface area contributed by atoms with Gasteiger partial charge in [-0.3, -0.25) is 19.3 Å². The molecule has 7 heteroatoms. The fraction of sp³-hybridized carbons (Fsp3) is 0.167. The van der Waals surface area contributed by atoms with Crippen molar-refractivity contribution in [3.63, 3.8) is 0 Å². The lowest BCUT2D eigenvalue weighted by Crippen LogP contribution is -2.31. The van der Waals surface area contributed by atoms with Crippen LogP contribution in [0, 0.1) is 0 Å². The maximum absolute atomic E-state index is 12.2. The molecule has 1 aliphatic heterocycles. The van der Waals surface area contributed by atoms with E-state index in [1.165, 1.54) is 12.1 Å². The van der Waals surface area contributed by atoms with Crippen LogP contribution in [0.3, 0.4) is 0 Å². The molecule has 0 aliphatic carbocycles. The predicted molar refractivity (Wildman–Crippen MR) is 93.1 cm³/mol. The highest BCUT2D eigenvalue weighted by atomic mass is 35.5. The monoisotopic (exact) mass is 377 g/mol. The van der Waals surface area contributed by atoms with E-state index < -0.39 is 5.97 Å². The maximum atomic E-state index is 12.2. The molecule has 0 unspecified atom stereocenters. The first-order valence-electron chi connectivity index (χ1n) is 7.58. The topological polar surface area (TPSA) is 63.7 Å². The van der Waals surface area contributed by atoms with Gasteiger partial charge in [-0.05, 0) is 30.7 Å². The summed E-state index contributed by atoms with van der Waals surface area (Å²) in [6.45, 7) is 0.144. The number of fused-ring (bicyclic) bond motifs is 1. The van der Waals surface area contributed by atoms with Crippen molar-refractivity contribution in [3.05, 3.63) is 63.6 Å². The Hall–Kier alpha value is -2.37. The molecule has 2 aromatic rings. The summed E-state index contributed by atoms with van der Waals surface area (Å²) in [7, 11) is 0. The second-order valence-electron chi connectivity index (χ2n) is 5.46. The Morgan fingerprint density at radius 1 is 1.00 bits per heavy atom. The van der Waals surface area contributed by atoms with Crippen molar-refractivity contribution in [2.24, 2.45) is 0 Å². The molecule has 2 aromatic carbocycles. The first-order chi connectivity index (χ1) is 12.0. The summed E-state index contributed by atoms with van der Waals surface area (Å²) in [5.74, 6) is -1.01. The summed E-state index contributed by atoms with van der Waals surface area (Å²) >= 11 is 11.8. The largest absolute Gasteiger partial charge is 0.425 e. The van der Waals surface area contributed by atoms with Crippen LogP contribution in [0.15, 0.2) is 42.5 Å². The molecule has 2 amide bonds. The van der Waals surface area contributed by atoms with Crippen LogP contribution < -0.4 is 4.74 Å². The third kappa shape index (κ3) is 3.67. The van der Waals surface area contributed by atoms with Gasteiger partial charge in [0.2, 0.25) is 0 Å². The van der Waals surface area contributed by atoms with Gasteiger partial charge in [-0.1, -0.05) is 35.3 Å². The average Bonchev–Trinajstić information content (AvgIpc) is 2.83. The van der Waals surface area contributed by atoms with E-state index in [0.29, 0.717) is 22.6 Å². The zero-order chi connectivity index (χ0) is 18.0. The van der Waals surface area contributed by atoms with Crippen molar-refractivity contribution in [1.82, 2.24) is 4.90 Å². The van der Waals surface area contributed by atoms with Crippen molar-refractivity contribution >= 4 is 41.0 Å². The van der Waals surface area contributed by atoms with Gasteiger partial charge in [0.15, 0.2) is 5.75 Å². The molecule has 5 nitrogen and oxygen atoms in total. The van der Waals surface area contributed by atoms with Gasteiger partial charge in [-0.2, -0.15) is 0 Å². The van der Waals surface area contributed by atoms with Crippen LogP contribution in [0.1, 0.15) is 33.6 Å². The molecule has 3 rings (SSSR count). The Morgan fingerprint density at radius 3 is 2.28 bits per heavy atom. The highest BCUT2D eigenvalue weighted by Crippen LogP contribution is 2.28. The van der Waals surface area contributed by atoms with Gasteiger partial charge in [0.25, 0.3) is 11.8 Å². The third-order valence-electron chi connectivity index (χ3n) is 3.76. The summed E-state index contributed by atoms with van der Waals surface area (Å²) in [4.78, 5) is 37.5. The molecule has 25 heavy (non-hydrogen) atoms. The third-order valence-corrected chi connectivity index (χ3v) is 4.31. The standard InChI is InChI=1S/C18H13Cl2NO4/c19-11-7-8-14(20)15(10-11)25-16(22)6-3-9-21-17(23)12-4-1-2-5-13(12)18(21)24/h1-2,4-5,7-8,10H,3,6,9H2. The van der Waals surface area contributed by atoms with Crippen molar-refractivity contribution < 1.29 is 19.1 Å². The zero-order valence-corrected chi connectivity index (χ0v) is 14.5. The van der Waals surface area contributed by atoms with Gasteiger partial charge < -0.3 is 4.74 Å². The maximum Gasteiger partial charge on any atom is 0.311 e. The molecule has 0 saturated carbocycles. The van der Waals surface area contributed by atoms with Gasteiger partial charge in [0.05, 0.1) is 16.1 Å². The van der Waals surface area contributed by atoms with Gasteiger partial charge in [-0.25, -0.2) is 0 Å². The number of esters is 1. The minimum Gasteiger partial charge on any atom is -0.425 e. The molecule has 0 radical (unpaired) electrons. The quantitative estimate of drug-likeness (QED) is 0.449. The molecule has 0 aromatic heterocycles. The Kier molecular flexibility index (Phi) is 5.06. The number of carbonyl (C=O) groups is 3. The number of hydrogen-bond donors (Lipinski definition) is 0. The number of benzene rings is 2. The fourth-order valence-electron chi connectivity index (χ4n) is 2.55. The number of nitrogens with zero attached hydrogens (tertiary/aromatic N) is 1. The molecule has 0 fully saturated rings. The number of ether oxygens (including phenoxy) is 1. The molecule has 1 aliphatic rings. The lowest BCUT2D eigenvalue weighted by molar-refractivity contribution is -0.134. The minimum atomic E-state index is -0.513. The number of carbonyl (C=O) groups excluding carboxylic acids is 3. The lowest BCUT2D eigenvalue weighted by Gasteiger charge is -2.13. The van der Waals surface area contributed by atoms with Crippen LogP contribution in [0.2, 0.25) is 10.0 Å². The van der Waals surface area contributed by atoms with E-state index in [9.17, 15) is 14.4 Å². The summed E-state index contributed by atoms with van der Waals surface area (Å²) in [5, 5.41) is 0.677. The Bertz CT molecular complexity index is 831. The van der Waals surface area contributed by atoms with E-state index in [1.807, 2.05) is 0 Å². The smallest absolute Gasteiger partial charge is 0.311 e. The van der Waals surface area contributed by atoms with Crippen LogP contribution in [0.5, 0.6) is 5.75 Å². The summed E-state index contributed by atoms with van der Waals surface area (Å²) in [5.41, 5.74) is 0.779. The van der Waals surface area contributed by atoms with E-state index in [4.69, 9.17) is 27.9 Å². The Labute approximate surface area is 154 Å². The zero-order valence-electron chi connectivity index (χ0n) is 13.0. The molecular weight excluding hydrogens is 365 g/mol. The average molecular weight is 378 g/mol. The number of rotatable bonds is 5. The van der Waals surface area contributed by atoms with Gasteiger partial charge in [0, 0.05) is 24.1 Å². The van der Waals surface area contributed by atoms with Crippen molar-refractivity contribution in [2.75, 3.05) is 6.54 Å². The molecule has 0 spiro atoms. The fourth-order valence-corrected chi connectivity index (χ4v) is 2.87. The molecule has 0 saturated heterocycles. The van der Waals surface area contributed by atoms with E-state index in [0.717, 1.165) is 4.90 Å². The van der Waals surface area contributed by atoms with Crippen molar-refractivity contribution in [3.8, 4) is 5.75 Å². The van der Waals surface area contributed by atoms with E-state index in [2.05, 4.69) is 0 Å². The number of imide groups is 1. The Morgan fingerprint density at radius 2 is 1.64 bits per heavy atom. The minimum absolute atomic E-state index is 0.0379. The van der Waals surface area contributed by atoms with E-state index >= 15 is 0 Å². The van der Waals surface area contributed by atoms with Crippen LogP contribution in [-0.4, -0.2) is 29.2 Å². The molecule has 0 atom stereocenters. The normalized spacial score (nSPS) is 13.1. The molecule has 1 heterocycles. The number of hydrogen-bond acceptors (Lipinski definition) is 4. The van der Waals surface area contributed by atoms with Gasteiger partial charge in [-0.15, -0.1) is 0 Å². The lowest BCUT2D eigenvalue weighted by atomic mass is 10.1. The van der Waals surface area contributed by atoms with Crippen molar-refractivity contribution in [1.29, 1.82) is 0 Å². The van der Waals surface area contributed by atoms with Crippen LogP contribution in [0.25, 0.3) is 0 Å². The first kappa shape index (κ1) is 17.5. The SMILES string of the molecule is O=C(CCCN1C(=O)c2ccccc2C1=O)Oc1cc(Cl)ccc1Cl. The van der Waals surface area contributed by atoms with E-state index in [-0.39, 0.29) is 35.6 Å². The van der Waals surface area contributed by atoms with Crippen molar-refractivity contribution in [2.45, 2.75) is 12.8 Å². The Balaban J connectivity index is 1.55. The van der Waals surface area contributed by atoms with Crippen LogP contribution >= 0.6 is 23.2 Å². The summed E-state index contributed by atoms with van der Waals surface area (Å²) < 4.78 is 5.16. The summed E-state index contributed by atoms with van der Waals surface area (Å²) in [6.07, 6.45) is 0.332. The number of halogens is 2. The molecule has 128 valence electrons. The second-order valence-corrected chi connectivity index (χ2v) is 6.30. The van der Waals surface area contributed by atoms with Gasteiger partial charge in [0.1, 0.15) is 0 Å². The second kappa shape index (κ2) is 7.25. The molecular formula is C18H13Cl2NO4. The summed E-state index contributed by atoms with van der Waals surface area (Å²) in [6, 6.07) is 11.2. The molecule has 0 N–H and O–H groups in total. The number of amides is 2. The predicted octanol–water partition coefficient (Wildman–Crippen LogP) is 3.98. The van der Waals surface area contributed by atoms with Crippen LogP contribution in [0.4, 0.5) is 0 Å². The van der Waals surface area contributed by atoms with Crippen LogP contribution in [-0.2, 0) is 4.79 Å². The highest BCUT2D eigenvalue weighted by molar-refractivity contribution is 6.34. The highest BCUT2D eigenvalue weighted by Gasteiger charge is 2.34. The molecule has 0 bridgehead atoms. The van der Waals surface area contributed by atoms with E-state index in [1.54, 1.807) is 30.3 Å². The first-order valence-corrected chi connectivity index (χ1v) is 8.34. The van der Waals surface area contributed by atoms with Gasteiger partial charge >= 0.3 is 5.97 Å².